The number of aryl methyl sites for hydroxylation is 1. The van der Waals surface area contributed by atoms with Crippen LogP contribution in [0.25, 0.3) is 0 Å². The van der Waals surface area contributed by atoms with Crippen molar-refractivity contribution in [2.45, 2.75) is 32.7 Å². The predicted octanol–water partition coefficient (Wildman–Crippen LogP) is 2.58. The summed E-state index contributed by atoms with van der Waals surface area (Å²) in [4.78, 5) is 37.6. The first-order valence-corrected chi connectivity index (χ1v) is 9.60. The molecule has 2 fully saturated rings. The van der Waals surface area contributed by atoms with E-state index in [1.54, 1.807) is 4.90 Å². The van der Waals surface area contributed by atoms with Crippen molar-refractivity contribution in [2.24, 2.45) is 5.41 Å². The number of hydrogen-bond donors (Lipinski definition) is 0. The number of halogens is 1. The summed E-state index contributed by atoms with van der Waals surface area (Å²) in [6, 6.07) is 8.47. The van der Waals surface area contributed by atoms with Crippen LogP contribution < -0.4 is 0 Å². The zero-order valence-corrected chi connectivity index (χ0v) is 15.9. The number of carbonyl (C=O) groups excluding carboxylic acids is 2. The molecule has 146 valence electrons. The number of pyridine rings is 2. The van der Waals surface area contributed by atoms with E-state index in [1.807, 2.05) is 30.0 Å². The van der Waals surface area contributed by atoms with Crippen molar-refractivity contribution in [3.63, 3.8) is 0 Å². The van der Waals surface area contributed by atoms with Crippen molar-refractivity contribution in [1.29, 1.82) is 0 Å². The van der Waals surface area contributed by atoms with Crippen LogP contribution in [0.1, 0.15) is 41.0 Å². The van der Waals surface area contributed by atoms with E-state index in [4.69, 9.17) is 0 Å². The molecule has 1 spiro atoms. The molecule has 2 aromatic rings. The van der Waals surface area contributed by atoms with Crippen molar-refractivity contribution < 1.29 is 14.0 Å². The predicted molar refractivity (Wildman–Crippen MR) is 101 cm³/mol. The van der Waals surface area contributed by atoms with Gasteiger partial charge in [-0.05, 0) is 44.4 Å². The third-order valence-electron chi connectivity index (χ3n) is 5.74. The number of nitrogens with zero attached hydrogens (tertiary/aromatic N) is 4. The van der Waals surface area contributed by atoms with Gasteiger partial charge < -0.3 is 9.80 Å². The van der Waals surface area contributed by atoms with Crippen molar-refractivity contribution in [2.75, 3.05) is 19.6 Å². The van der Waals surface area contributed by atoms with E-state index in [9.17, 15) is 14.0 Å². The maximum Gasteiger partial charge on any atom is 0.254 e. The van der Waals surface area contributed by atoms with Crippen LogP contribution in [0, 0.1) is 18.3 Å². The molecule has 4 rings (SSSR count). The number of carbonyl (C=O) groups is 2. The Morgan fingerprint density at radius 1 is 1.25 bits per heavy atom. The summed E-state index contributed by atoms with van der Waals surface area (Å²) in [6.07, 6.45) is 3.56. The fourth-order valence-corrected chi connectivity index (χ4v) is 4.33. The lowest BCUT2D eigenvalue weighted by atomic mass is 9.78. The number of amides is 2. The van der Waals surface area contributed by atoms with Gasteiger partial charge in [-0.2, -0.15) is 4.39 Å². The highest BCUT2D eigenvalue weighted by atomic mass is 19.1. The molecule has 4 heterocycles. The Balaban J connectivity index is 1.49. The smallest absolute Gasteiger partial charge is 0.254 e. The minimum Gasteiger partial charge on any atom is -0.338 e. The number of hydrogen-bond acceptors (Lipinski definition) is 4. The first-order chi connectivity index (χ1) is 13.5. The number of likely N-dealkylation sites (tertiary alicyclic amines) is 2. The third-order valence-corrected chi connectivity index (χ3v) is 5.74. The van der Waals surface area contributed by atoms with Gasteiger partial charge in [0.25, 0.3) is 5.91 Å². The molecule has 0 aromatic carbocycles. The van der Waals surface area contributed by atoms with Crippen molar-refractivity contribution in [3.05, 3.63) is 59.4 Å². The van der Waals surface area contributed by atoms with Crippen LogP contribution in [-0.4, -0.2) is 51.2 Å². The average molecular weight is 382 g/mol. The SMILES string of the molecule is Cc1cccc(CN2CC[C@@]3(CCCN(C(=O)c4ccnc(F)c4)C3)C2=O)n1. The highest BCUT2D eigenvalue weighted by molar-refractivity contribution is 5.95. The topological polar surface area (TPSA) is 66.4 Å². The Hall–Kier alpha value is -2.83. The molecule has 2 aromatic heterocycles. The van der Waals surface area contributed by atoms with Crippen LogP contribution in [0.3, 0.4) is 0 Å². The third kappa shape index (κ3) is 3.48. The fourth-order valence-electron chi connectivity index (χ4n) is 4.33. The summed E-state index contributed by atoms with van der Waals surface area (Å²) in [5.41, 5.74) is 1.54. The van der Waals surface area contributed by atoms with Gasteiger partial charge in [0.15, 0.2) is 0 Å². The van der Waals surface area contributed by atoms with Gasteiger partial charge in [-0.25, -0.2) is 4.98 Å². The highest BCUT2D eigenvalue weighted by Gasteiger charge is 2.49. The molecule has 0 saturated carbocycles. The fraction of sp³-hybridized carbons (Fsp3) is 0.429. The van der Waals surface area contributed by atoms with Gasteiger partial charge in [0.1, 0.15) is 0 Å². The molecule has 0 radical (unpaired) electrons. The Bertz CT molecular complexity index is 919. The molecule has 28 heavy (non-hydrogen) atoms. The molecular formula is C21H23FN4O2. The number of rotatable bonds is 3. The molecular weight excluding hydrogens is 359 g/mol. The van der Waals surface area contributed by atoms with E-state index >= 15 is 0 Å². The molecule has 1 atom stereocenters. The second kappa shape index (κ2) is 7.30. The quantitative estimate of drug-likeness (QED) is 0.766. The second-order valence-corrected chi connectivity index (χ2v) is 7.72. The first-order valence-electron chi connectivity index (χ1n) is 9.60. The summed E-state index contributed by atoms with van der Waals surface area (Å²) in [5.74, 6) is -0.826. The summed E-state index contributed by atoms with van der Waals surface area (Å²) in [6.45, 7) is 4.05. The molecule has 7 heteroatoms. The molecule has 2 amide bonds. The van der Waals surface area contributed by atoms with Gasteiger partial charge in [-0.1, -0.05) is 6.07 Å². The minimum absolute atomic E-state index is 0.0919. The molecule has 2 aliphatic heterocycles. The Kier molecular flexibility index (Phi) is 4.83. The lowest BCUT2D eigenvalue weighted by Gasteiger charge is -2.39. The lowest BCUT2D eigenvalue weighted by Crippen LogP contribution is -2.49. The zero-order chi connectivity index (χ0) is 19.7. The highest BCUT2D eigenvalue weighted by Crippen LogP contribution is 2.41. The molecule has 0 aliphatic carbocycles. The minimum atomic E-state index is -0.675. The summed E-state index contributed by atoms with van der Waals surface area (Å²) in [7, 11) is 0. The lowest BCUT2D eigenvalue weighted by molar-refractivity contribution is -0.138. The van der Waals surface area contributed by atoms with Gasteiger partial charge in [0.05, 0.1) is 17.7 Å². The molecule has 0 bridgehead atoms. The van der Waals surface area contributed by atoms with Crippen LogP contribution >= 0.6 is 0 Å². The second-order valence-electron chi connectivity index (χ2n) is 7.72. The summed E-state index contributed by atoms with van der Waals surface area (Å²) < 4.78 is 13.4. The van der Waals surface area contributed by atoms with E-state index in [-0.39, 0.29) is 17.4 Å². The molecule has 0 N–H and O–H groups in total. The monoisotopic (exact) mass is 382 g/mol. The van der Waals surface area contributed by atoms with Crippen LogP contribution in [0.2, 0.25) is 0 Å². The summed E-state index contributed by atoms with van der Waals surface area (Å²) in [5, 5.41) is 0. The van der Waals surface area contributed by atoms with E-state index in [1.165, 1.54) is 12.3 Å². The zero-order valence-electron chi connectivity index (χ0n) is 15.9. The summed E-state index contributed by atoms with van der Waals surface area (Å²) >= 11 is 0. The van der Waals surface area contributed by atoms with Gasteiger partial charge in [-0.15, -0.1) is 0 Å². The van der Waals surface area contributed by atoms with E-state index in [2.05, 4.69) is 9.97 Å². The number of aromatic nitrogens is 2. The molecule has 0 unspecified atom stereocenters. The van der Waals surface area contributed by atoms with Crippen LogP contribution in [0.5, 0.6) is 0 Å². The molecule has 2 saturated heterocycles. The normalized spacial score (nSPS) is 22.1. The van der Waals surface area contributed by atoms with Gasteiger partial charge >= 0.3 is 0 Å². The van der Waals surface area contributed by atoms with Gasteiger partial charge in [0.2, 0.25) is 11.9 Å². The van der Waals surface area contributed by atoms with Gasteiger partial charge in [-0.3, -0.25) is 14.6 Å². The number of piperidine rings is 1. The van der Waals surface area contributed by atoms with Crippen LogP contribution in [0.4, 0.5) is 4.39 Å². The van der Waals surface area contributed by atoms with Crippen LogP contribution in [0.15, 0.2) is 36.5 Å². The Labute approximate surface area is 163 Å². The van der Waals surface area contributed by atoms with Crippen molar-refractivity contribution >= 4 is 11.8 Å². The van der Waals surface area contributed by atoms with Crippen LogP contribution in [-0.2, 0) is 11.3 Å². The largest absolute Gasteiger partial charge is 0.338 e. The Morgan fingerprint density at radius 2 is 2.11 bits per heavy atom. The van der Waals surface area contributed by atoms with Gasteiger partial charge in [0, 0.05) is 43.2 Å². The van der Waals surface area contributed by atoms with Crippen molar-refractivity contribution in [3.8, 4) is 0 Å². The van der Waals surface area contributed by atoms with E-state index < -0.39 is 11.4 Å². The molecule has 2 aliphatic rings. The first kappa shape index (κ1) is 18.5. The molecule has 6 nitrogen and oxygen atoms in total. The van der Waals surface area contributed by atoms with Crippen molar-refractivity contribution in [1.82, 2.24) is 19.8 Å². The maximum absolute atomic E-state index is 13.4. The standard InChI is InChI=1S/C21H23FN4O2/c1-15-4-2-5-17(24-15)13-25-11-8-21(20(25)28)7-3-10-26(14-21)19(27)16-6-9-23-18(22)12-16/h2,4-6,9,12H,3,7-8,10-11,13-14H2,1H3/t21-/m1/s1. The Morgan fingerprint density at radius 3 is 2.89 bits per heavy atom. The maximum atomic E-state index is 13.4. The van der Waals surface area contributed by atoms with E-state index in [0.29, 0.717) is 26.2 Å². The average Bonchev–Trinajstić information content (AvgIpc) is 2.97. The van der Waals surface area contributed by atoms with E-state index in [0.717, 1.165) is 36.7 Å².